The van der Waals surface area contributed by atoms with Gasteiger partial charge in [-0.3, -0.25) is 0 Å². The van der Waals surface area contributed by atoms with Gasteiger partial charge in [0.15, 0.2) is 5.82 Å². The number of nitrogens with zero attached hydrogens (tertiary/aromatic N) is 4. The van der Waals surface area contributed by atoms with Crippen LogP contribution in [0.2, 0.25) is 0 Å². The van der Waals surface area contributed by atoms with Crippen molar-refractivity contribution < 1.29 is 4.74 Å². The summed E-state index contributed by atoms with van der Waals surface area (Å²) in [5.41, 5.74) is 4.17. The highest BCUT2D eigenvalue weighted by Crippen LogP contribution is 2.42. The van der Waals surface area contributed by atoms with Crippen LogP contribution in [0.1, 0.15) is 49.6 Å². The van der Waals surface area contributed by atoms with Crippen molar-refractivity contribution in [3.8, 4) is 11.4 Å². The summed E-state index contributed by atoms with van der Waals surface area (Å²) < 4.78 is 7.41. The number of aryl methyl sites for hydroxylation is 2. The maximum Gasteiger partial charge on any atom is 0.182 e. The molecule has 4 rings (SSSR count). The molecule has 0 bridgehead atoms. The molecule has 0 aliphatic heterocycles. The van der Waals surface area contributed by atoms with Gasteiger partial charge >= 0.3 is 0 Å². The molecule has 29 heavy (non-hydrogen) atoms. The van der Waals surface area contributed by atoms with Crippen molar-refractivity contribution in [1.82, 2.24) is 20.2 Å². The lowest BCUT2D eigenvalue weighted by Crippen LogP contribution is -2.41. The van der Waals surface area contributed by atoms with E-state index in [2.05, 4.69) is 59.8 Å². The van der Waals surface area contributed by atoms with Crippen molar-refractivity contribution in [2.75, 3.05) is 12.4 Å². The number of nitrogens with one attached hydrogen (secondary N) is 1. The van der Waals surface area contributed by atoms with E-state index in [9.17, 15) is 0 Å². The molecule has 0 unspecified atom stereocenters. The maximum atomic E-state index is 5.58. The van der Waals surface area contributed by atoms with Crippen molar-refractivity contribution >= 4 is 5.69 Å². The Morgan fingerprint density at radius 2 is 1.86 bits per heavy atom. The van der Waals surface area contributed by atoms with Crippen LogP contribution >= 0.6 is 0 Å². The smallest absolute Gasteiger partial charge is 0.182 e. The Morgan fingerprint density at radius 3 is 2.59 bits per heavy atom. The quantitative estimate of drug-likeness (QED) is 0.676. The van der Waals surface area contributed by atoms with Crippen LogP contribution in [0.5, 0.6) is 5.75 Å². The van der Waals surface area contributed by atoms with Gasteiger partial charge in [0.25, 0.3) is 0 Å². The van der Waals surface area contributed by atoms with Crippen LogP contribution in [0.15, 0.2) is 42.5 Å². The molecule has 152 valence electrons. The van der Waals surface area contributed by atoms with E-state index in [1.54, 1.807) is 7.11 Å². The molecular formula is C23H29N5O. The number of anilines is 1. The summed E-state index contributed by atoms with van der Waals surface area (Å²) in [6.45, 7) is 6.60. The van der Waals surface area contributed by atoms with Gasteiger partial charge in [-0.25, -0.2) is 0 Å². The SMILES string of the molecule is COc1ccccc1-n1nnnc1C1(Nc2ccc(C)cc2C)CCC(C)CC1. The van der Waals surface area contributed by atoms with Crippen LogP contribution in [-0.4, -0.2) is 27.3 Å². The molecule has 6 heteroatoms. The van der Waals surface area contributed by atoms with Gasteiger partial charge in [-0.15, -0.1) is 5.10 Å². The molecule has 1 heterocycles. The summed E-state index contributed by atoms with van der Waals surface area (Å²) in [6, 6.07) is 14.4. The van der Waals surface area contributed by atoms with E-state index in [0.717, 1.165) is 48.6 Å². The average molecular weight is 392 g/mol. The minimum atomic E-state index is -0.323. The molecule has 6 nitrogen and oxygen atoms in total. The number of rotatable bonds is 5. The van der Waals surface area contributed by atoms with E-state index in [-0.39, 0.29) is 5.54 Å². The van der Waals surface area contributed by atoms with Crippen molar-refractivity contribution in [2.24, 2.45) is 5.92 Å². The number of methoxy groups -OCH3 is 1. The van der Waals surface area contributed by atoms with Crippen molar-refractivity contribution in [3.05, 3.63) is 59.4 Å². The van der Waals surface area contributed by atoms with Crippen LogP contribution in [-0.2, 0) is 5.54 Å². The third kappa shape index (κ3) is 3.71. The number of para-hydroxylation sites is 2. The van der Waals surface area contributed by atoms with Gasteiger partial charge in [-0.2, -0.15) is 4.68 Å². The van der Waals surface area contributed by atoms with E-state index in [1.807, 2.05) is 28.9 Å². The molecule has 1 aliphatic carbocycles. The molecule has 0 saturated heterocycles. The van der Waals surface area contributed by atoms with Crippen LogP contribution in [0, 0.1) is 19.8 Å². The monoisotopic (exact) mass is 391 g/mol. The minimum Gasteiger partial charge on any atom is -0.494 e. The third-order valence-corrected chi connectivity index (χ3v) is 6.09. The largest absolute Gasteiger partial charge is 0.494 e. The Kier molecular flexibility index (Phi) is 5.26. The first-order chi connectivity index (χ1) is 14.0. The van der Waals surface area contributed by atoms with Crippen molar-refractivity contribution in [2.45, 2.75) is 52.0 Å². The molecule has 1 aliphatic rings. The van der Waals surface area contributed by atoms with E-state index in [4.69, 9.17) is 4.74 Å². The zero-order valence-corrected chi connectivity index (χ0v) is 17.6. The molecule has 1 fully saturated rings. The van der Waals surface area contributed by atoms with Gasteiger partial charge in [0, 0.05) is 5.69 Å². The second-order valence-corrected chi connectivity index (χ2v) is 8.29. The highest BCUT2D eigenvalue weighted by molar-refractivity contribution is 5.55. The van der Waals surface area contributed by atoms with Crippen LogP contribution in [0.25, 0.3) is 5.69 Å². The van der Waals surface area contributed by atoms with Gasteiger partial charge in [-0.1, -0.05) is 36.8 Å². The molecule has 0 radical (unpaired) electrons. The fourth-order valence-corrected chi connectivity index (χ4v) is 4.32. The first-order valence-electron chi connectivity index (χ1n) is 10.3. The normalized spacial score (nSPS) is 21.7. The molecule has 0 spiro atoms. The lowest BCUT2D eigenvalue weighted by molar-refractivity contribution is 0.254. The second-order valence-electron chi connectivity index (χ2n) is 8.29. The Labute approximate surface area is 172 Å². The predicted molar refractivity (Wildman–Crippen MR) is 115 cm³/mol. The van der Waals surface area contributed by atoms with Crippen molar-refractivity contribution in [3.63, 3.8) is 0 Å². The molecule has 0 atom stereocenters. The summed E-state index contributed by atoms with van der Waals surface area (Å²) in [5, 5.41) is 16.8. The number of aromatic nitrogens is 4. The summed E-state index contributed by atoms with van der Waals surface area (Å²) in [6.07, 6.45) is 4.24. The van der Waals surface area contributed by atoms with Crippen LogP contribution in [0.3, 0.4) is 0 Å². The highest BCUT2D eigenvalue weighted by atomic mass is 16.5. The molecule has 0 amide bonds. The summed E-state index contributed by atoms with van der Waals surface area (Å²) >= 11 is 0. The Hall–Kier alpha value is -2.89. The van der Waals surface area contributed by atoms with Crippen LogP contribution in [0.4, 0.5) is 5.69 Å². The molecule has 3 aromatic rings. The van der Waals surface area contributed by atoms with Gasteiger partial charge < -0.3 is 10.1 Å². The summed E-state index contributed by atoms with van der Waals surface area (Å²) in [5.74, 6) is 2.31. The standard InChI is InChI=1S/C23H29N5O/c1-16-11-13-23(14-12-16,24-19-10-9-17(2)15-18(19)3)22-25-26-27-28(22)20-7-5-6-8-21(20)29-4/h5-10,15-16,24H,11-14H2,1-4H3. The van der Waals surface area contributed by atoms with E-state index >= 15 is 0 Å². The van der Waals surface area contributed by atoms with Gasteiger partial charge in [-0.05, 0) is 79.6 Å². The molecule has 1 saturated carbocycles. The molecule has 1 aromatic heterocycles. The maximum absolute atomic E-state index is 5.58. The second kappa shape index (κ2) is 7.85. The molecular weight excluding hydrogens is 362 g/mol. The van der Waals surface area contributed by atoms with Gasteiger partial charge in [0.05, 0.1) is 12.6 Å². The van der Waals surface area contributed by atoms with E-state index < -0.39 is 0 Å². The number of hydrogen-bond donors (Lipinski definition) is 1. The zero-order valence-electron chi connectivity index (χ0n) is 17.6. The van der Waals surface area contributed by atoms with E-state index in [1.165, 1.54) is 11.1 Å². The average Bonchev–Trinajstić information content (AvgIpc) is 3.22. The first-order valence-corrected chi connectivity index (χ1v) is 10.3. The molecule has 2 aromatic carbocycles. The van der Waals surface area contributed by atoms with E-state index in [0.29, 0.717) is 5.92 Å². The van der Waals surface area contributed by atoms with Gasteiger partial charge in [0.1, 0.15) is 11.4 Å². The lowest BCUT2D eigenvalue weighted by atomic mass is 9.76. The molecule has 1 N–H and O–H groups in total. The topological polar surface area (TPSA) is 64.9 Å². The number of benzene rings is 2. The summed E-state index contributed by atoms with van der Waals surface area (Å²) in [7, 11) is 1.68. The Bertz CT molecular complexity index is 988. The zero-order chi connectivity index (χ0) is 20.4. The predicted octanol–water partition coefficient (Wildman–Crippen LogP) is 4.81. The summed E-state index contributed by atoms with van der Waals surface area (Å²) in [4.78, 5) is 0. The highest BCUT2D eigenvalue weighted by Gasteiger charge is 2.41. The minimum absolute atomic E-state index is 0.323. The fourth-order valence-electron chi connectivity index (χ4n) is 4.32. The number of hydrogen-bond acceptors (Lipinski definition) is 5. The van der Waals surface area contributed by atoms with Gasteiger partial charge in [0.2, 0.25) is 0 Å². The number of ether oxygens (including phenoxy) is 1. The Morgan fingerprint density at radius 1 is 1.10 bits per heavy atom. The third-order valence-electron chi connectivity index (χ3n) is 6.09. The number of tetrazole rings is 1. The fraction of sp³-hybridized carbons (Fsp3) is 0.435. The van der Waals surface area contributed by atoms with Crippen LogP contribution < -0.4 is 10.1 Å². The Balaban J connectivity index is 1.80. The first kappa shape index (κ1) is 19.4. The lowest BCUT2D eigenvalue weighted by Gasteiger charge is -2.40. The van der Waals surface area contributed by atoms with Crippen molar-refractivity contribution in [1.29, 1.82) is 0 Å².